The van der Waals surface area contributed by atoms with Crippen molar-refractivity contribution in [2.24, 2.45) is 5.73 Å². The summed E-state index contributed by atoms with van der Waals surface area (Å²) >= 11 is 0. The lowest BCUT2D eigenvalue weighted by Gasteiger charge is -2.09. The van der Waals surface area contributed by atoms with E-state index >= 15 is 0 Å². The Morgan fingerprint density at radius 1 is 1.39 bits per heavy atom. The Morgan fingerprint density at radius 2 is 2.13 bits per heavy atom. The Labute approximate surface area is 135 Å². The third-order valence-corrected chi connectivity index (χ3v) is 3.30. The maximum Gasteiger partial charge on any atom is 0.322 e. The van der Waals surface area contributed by atoms with Gasteiger partial charge in [-0.1, -0.05) is 0 Å². The van der Waals surface area contributed by atoms with Crippen LogP contribution in [-0.2, 0) is 16.1 Å². The molecule has 0 bridgehead atoms. The summed E-state index contributed by atoms with van der Waals surface area (Å²) in [7, 11) is 1.29. The first-order valence-electron chi connectivity index (χ1n) is 7.28. The number of nitrogens with zero attached hydrogens (tertiary/aromatic N) is 1. The zero-order valence-corrected chi connectivity index (χ0v) is 13.0. The summed E-state index contributed by atoms with van der Waals surface area (Å²) in [6.07, 6.45) is 1.83. The number of benzene rings is 1. The van der Waals surface area contributed by atoms with Crippen molar-refractivity contribution < 1.29 is 19.4 Å². The summed E-state index contributed by atoms with van der Waals surface area (Å²) in [5, 5.41) is 20.8. The number of ether oxygens (including phenoxy) is 1. The van der Waals surface area contributed by atoms with Gasteiger partial charge >= 0.3 is 5.97 Å². The highest BCUT2D eigenvalue weighted by molar-refractivity contribution is 5.94. The number of hydrogen-bond acceptors (Lipinski definition) is 6. The van der Waals surface area contributed by atoms with E-state index in [1.165, 1.54) is 19.2 Å². The molecule has 0 unspecified atom stereocenters. The van der Waals surface area contributed by atoms with Crippen molar-refractivity contribution in [2.75, 3.05) is 13.7 Å². The van der Waals surface area contributed by atoms with Crippen molar-refractivity contribution in [1.82, 2.24) is 5.32 Å². The van der Waals surface area contributed by atoms with Crippen molar-refractivity contribution in [3.8, 4) is 6.07 Å². The first-order chi connectivity index (χ1) is 11.0. The van der Waals surface area contributed by atoms with Gasteiger partial charge in [-0.25, -0.2) is 0 Å². The van der Waals surface area contributed by atoms with Crippen LogP contribution in [0.25, 0.3) is 0 Å². The molecule has 0 heterocycles. The van der Waals surface area contributed by atoms with Crippen LogP contribution in [0.4, 0.5) is 0 Å². The number of nitrogens with two attached hydrogens (primary N) is 1. The third-order valence-electron chi connectivity index (χ3n) is 3.30. The molecular weight excluding hydrogens is 298 g/mol. The summed E-state index contributed by atoms with van der Waals surface area (Å²) < 4.78 is 4.53. The van der Waals surface area contributed by atoms with E-state index in [1.54, 1.807) is 6.07 Å². The molecule has 0 saturated heterocycles. The normalized spacial score (nSPS) is 11.4. The van der Waals surface area contributed by atoms with Crippen LogP contribution in [0.15, 0.2) is 18.2 Å². The zero-order valence-electron chi connectivity index (χ0n) is 13.0. The minimum atomic E-state index is -0.643. The van der Waals surface area contributed by atoms with E-state index in [0.717, 1.165) is 0 Å². The number of unbranched alkanes of at least 4 members (excludes halogenated alkanes) is 1. The quantitative estimate of drug-likeness (QED) is 0.472. The van der Waals surface area contributed by atoms with Gasteiger partial charge in [0.2, 0.25) is 0 Å². The molecule has 7 heteroatoms. The SMILES string of the molecule is COC(=O)[C@@H](N)CCCCNC(=O)c1cc(C#N)cc(CO)c1. The Balaban J connectivity index is 2.43. The number of carbonyl (C=O) groups excluding carboxylic acids is 2. The van der Waals surface area contributed by atoms with Crippen molar-refractivity contribution in [3.63, 3.8) is 0 Å². The van der Waals surface area contributed by atoms with Gasteiger partial charge in [0, 0.05) is 12.1 Å². The second kappa shape index (κ2) is 9.56. The van der Waals surface area contributed by atoms with Crippen LogP contribution >= 0.6 is 0 Å². The smallest absolute Gasteiger partial charge is 0.322 e. The molecule has 0 aromatic heterocycles. The van der Waals surface area contributed by atoms with Crippen LogP contribution in [0.1, 0.15) is 40.7 Å². The molecule has 0 aliphatic heterocycles. The molecule has 23 heavy (non-hydrogen) atoms. The van der Waals surface area contributed by atoms with E-state index in [0.29, 0.717) is 42.5 Å². The predicted molar refractivity (Wildman–Crippen MR) is 83.3 cm³/mol. The van der Waals surface area contributed by atoms with Crippen molar-refractivity contribution in [3.05, 3.63) is 34.9 Å². The summed E-state index contributed by atoms with van der Waals surface area (Å²) in [6.45, 7) is 0.194. The number of rotatable bonds is 8. The van der Waals surface area contributed by atoms with Crippen LogP contribution in [-0.4, -0.2) is 36.7 Å². The molecule has 0 radical (unpaired) electrons. The number of nitrogens with one attached hydrogen (secondary N) is 1. The standard InChI is InChI=1S/C16H21N3O4/c1-23-16(22)14(18)4-2-3-5-19-15(21)13-7-11(9-17)6-12(8-13)10-20/h6-8,14,20H,2-5,10,18H2,1H3,(H,19,21)/t14-/m0/s1. The second-order valence-electron chi connectivity index (χ2n) is 5.07. The van der Waals surface area contributed by atoms with E-state index in [4.69, 9.17) is 16.1 Å². The lowest BCUT2D eigenvalue weighted by Crippen LogP contribution is -2.31. The van der Waals surface area contributed by atoms with E-state index in [9.17, 15) is 9.59 Å². The average molecular weight is 319 g/mol. The minimum absolute atomic E-state index is 0.235. The van der Waals surface area contributed by atoms with E-state index in [-0.39, 0.29) is 12.5 Å². The second-order valence-corrected chi connectivity index (χ2v) is 5.07. The molecule has 0 aliphatic rings. The van der Waals surface area contributed by atoms with E-state index in [2.05, 4.69) is 10.1 Å². The summed E-state index contributed by atoms with van der Waals surface area (Å²) in [4.78, 5) is 23.2. The van der Waals surface area contributed by atoms with Gasteiger partial charge in [0.25, 0.3) is 5.91 Å². The predicted octanol–water partition coefficient (Wildman–Crippen LogP) is 0.451. The Morgan fingerprint density at radius 3 is 2.74 bits per heavy atom. The Bertz CT molecular complexity index is 595. The highest BCUT2D eigenvalue weighted by Crippen LogP contribution is 2.10. The number of aliphatic hydroxyl groups excluding tert-OH is 1. The summed E-state index contributed by atoms with van der Waals surface area (Å²) in [5.41, 5.74) is 6.78. The maximum absolute atomic E-state index is 12.0. The fraction of sp³-hybridized carbons (Fsp3) is 0.438. The zero-order chi connectivity index (χ0) is 17.2. The molecule has 124 valence electrons. The molecule has 1 amide bonds. The van der Waals surface area contributed by atoms with Crippen molar-refractivity contribution in [1.29, 1.82) is 5.26 Å². The molecule has 1 rings (SSSR count). The highest BCUT2D eigenvalue weighted by atomic mass is 16.5. The summed E-state index contributed by atoms with van der Waals surface area (Å²) in [6, 6.07) is 5.86. The van der Waals surface area contributed by atoms with E-state index < -0.39 is 12.0 Å². The molecule has 1 aromatic rings. The number of aliphatic hydroxyl groups is 1. The Kier molecular flexibility index (Phi) is 7.74. The van der Waals surface area contributed by atoms with Crippen LogP contribution in [0, 0.1) is 11.3 Å². The number of esters is 1. The maximum atomic E-state index is 12.0. The first-order valence-corrected chi connectivity index (χ1v) is 7.28. The Hall–Kier alpha value is -2.43. The monoisotopic (exact) mass is 319 g/mol. The first kappa shape index (κ1) is 18.6. The number of methoxy groups -OCH3 is 1. The van der Waals surface area contributed by atoms with Gasteiger partial charge in [-0.2, -0.15) is 5.26 Å². The molecule has 1 atom stereocenters. The number of amides is 1. The molecule has 0 fully saturated rings. The molecular formula is C16H21N3O4. The van der Waals surface area contributed by atoms with Crippen molar-refractivity contribution in [2.45, 2.75) is 31.9 Å². The third kappa shape index (κ3) is 6.06. The summed E-state index contributed by atoms with van der Waals surface area (Å²) in [5.74, 6) is -0.757. The molecule has 1 aromatic carbocycles. The molecule has 4 N–H and O–H groups in total. The van der Waals surface area contributed by atoms with E-state index in [1.807, 2.05) is 6.07 Å². The largest absolute Gasteiger partial charge is 0.468 e. The van der Waals surface area contributed by atoms with Crippen LogP contribution in [0.5, 0.6) is 0 Å². The molecule has 7 nitrogen and oxygen atoms in total. The van der Waals surface area contributed by atoms with Gasteiger partial charge in [0.1, 0.15) is 6.04 Å². The van der Waals surface area contributed by atoms with Crippen LogP contribution in [0.2, 0.25) is 0 Å². The van der Waals surface area contributed by atoms with Crippen molar-refractivity contribution >= 4 is 11.9 Å². The number of hydrogen-bond donors (Lipinski definition) is 3. The van der Waals surface area contributed by atoms with Gasteiger partial charge < -0.3 is 20.9 Å². The highest BCUT2D eigenvalue weighted by Gasteiger charge is 2.13. The number of carbonyl (C=O) groups is 2. The topological polar surface area (TPSA) is 125 Å². The molecule has 0 spiro atoms. The van der Waals surface area contributed by atoms with Gasteiger partial charge in [0.05, 0.1) is 25.3 Å². The van der Waals surface area contributed by atoms with Gasteiger partial charge in [-0.05, 0) is 43.0 Å². The number of nitriles is 1. The fourth-order valence-corrected chi connectivity index (χ4v) is 2.04. The van der Waals surface area contributed by atoms with Gasteiger partial charge in [-0.15, -0.1) is 0 Å². The minimum Gasteiger partial charge on any atom is -0.468 e. The van der Waals surface area contributed by atoms with Gasteiger partial charge in [-0.3, -0.25) is 9.59 Å². The van der Waals surface area contributed by atoms with Crippen LogP contribution < -0.4 is 11.1 Å². The lowest BCUT2D eigenvalue weighted by molar-refractivity contribution is -0.142. The van der Waals surface area contributed by atoms with Crippen LogP contribution in [0.3, 0.4) is 0 Å². The average Bonchev–Trinajstić information content (AvgIpc) is 2.59. The fourth-order valence-electron chi connectivity index (χ4n) is 2.04. The molecule has 0 aliphatic carbocycles. The molecule has 0 saturated carbocycles. The van der Waals surface area contributed by atoms with Gasteiger partial charge in [0.15, 0.2) is 0 Å². The lowest BCUT2D eigenvalue weighted by atomic mass is 10.1.